The Hall–Kier alpha value is -1.97. The fourth-order valence-electron chi connectivity index (χ4n) is 1.60. The summed E-state index contributed by atoms with van der Waals surface area (Å²) in [6, 6.07) is 5.65. The van der Waals surface area contributed by atoms with Gasteiger partial charge in [0.05, 0.1) is 18.5 Å². The third-order valence-corrected chi connectivity index (χ3v) is 2.81. The number of allylic oxidation sites excluding steroid dienone is 1. The van der Waals surface area contributed by atoms with Crippen LogP contribution in [0.2, 0.25) is 0 Å². The van der Waals surface area contributed by atoms with E-state index < -0.39 is 0 Å². The zero-order valence-corrected chi connectivity index (χ0v) is 11.9. The first-order valence-electron chi connectivity index (χ1n) is 6.33. The molecule has 0 aliphatic rings. The Balaban J connectivity index is 3.23. The molecule has 4 heteroatoms. The molecule has 0 radical (unpaired) electrons. The largest absolute Gasteiger partial charge is 0.466 e. The second-order valence-electron chi connectivity index (χ2n) is 4.19. The van der Waals surface area contributed by atoms with Crippen molar-refractivity contribution in [2.24, 2.45) is 4.99 Å². The number of methoxy groups -OCH3 is 1. The van der Waals surface area contributed by atoms with Crippen molar-refractivity contribution in [2.45, 2.75) is 27.2 Å². The molecule has 0 saturated carbocycles. The van der Waals surface area contributed by atoms with Gasteiger partial charge in [-0.05, 0) is 38.0 Å². The molecule has 0 fully saturated rings. The minimum Gasteiger partial charge on any atom is -0.466 e. The molecule has 4 nitrogen and oxygen atoms in total. The molecule has 0 bridgehead atoms. The number of hydrogen-bond donors (Lipinski definition) is 0. The van der Waals surface area contributed by atoms with Crippen molar-refractivity contribution in [1.82, 2.24) is 4.98 Å². The summed E-state index contributed by atoms with van der Waals surface area (Å²) in [5.41, 5.74) is 2.89. The Labute approximate surface area is 114 Å². The highest BCUT2D eigenvalue weighted by molar-refractivity contribution is 6.14. The third kappa shape index (κ3) is 4.02. The molecular formula is C15H20N2O2. The average molecular weight is 260 g/mol. The van der Waals surface area contributed by atoms with Crippen molar-refractivity contribution >= 4 is 11.7 Å². The second kappa shape index (κ2) is 7.46. The van der Waals surface area contributed by atoms with Gasteiger partial charge in [-0.15, -0.1) is 0 Å². The summed E-state index contributed by atoms with van der Waals surface area (Å²) in [7, 11) is 1.38. The van der Waals surface area contributed by atoms with Crippen LogP contribution in [0, 0.1) is 0 Å². The SMILES string of the molecule is CCCN=C(/C(C)=C(\C)C(=O)OC)c1ccccn1. The number of pyridine rings is 1. The lowest BCUT2D eigenvalue weighted by atomic mass is 10.0. The van der Waals surface area contributed by atoms with Gasteiger partial charge in [0, 0.05) is 18.3 Å². The fourth-order valence-corrected chi connectivity index (χ4v) is 1.60. The molecule has 1 aromatic heterocycles. The van der Waals surface area contributed by atoms with Gasteiger partial charge < -0.3 is 4.74 Å². The predicted octanol–water partition coefficient (Wildman–Crippen LogP) is 2.79. The summed E-state index contributed by atoms with van der Waals surface area (Å²) in [4.78, 5) is 20.4. The fraction of sp³-hybridized carbons (Fsp3) is 0.400. The maximum Gasteiger partial charge on any atom is 0.333 e. The van der Waals surface area contributed by atoms with E-state index in [1.165, 1.54) is 7.11 Å². The number of hydrogen-bond acceptors (Lipinski definition) is 4. The van der Waals surface area contributed by atoms with E-state index in [9.17, 15) is 4.79 Å². The zero-order valence-electron chi connectivity index (χ0n) is 11.9. The van der Waals surface area contributed by atoms with E-state index in [4.69, 9.17) is 4.74 Å². The Morgan fingerprint density at radius 3 is 2.58 bits per heavy atom. The van der Waals surface area contributed by atoms with Crippen LogP contribution in [-0.4, -0.2) is 30.3 Å². The summed E-state index contributed by atoms with van der Waals surface area (Å²) >= 11 is 0. The maximum absolute atomic E-state index is 11.6. The molecule has 0 unspecified atom stereocenters. The molecule has 0 amide bonds. The number of carbonyl (C=O) groups excluding carboxylic acids is 1. The van der Waals surface area contributed by atoms with Crippen molar-refractivity contribution in [2.75, 3.05) is 13.7 Å². The molecule has 0 N–H and O–H groups in total. The van der Waals surface area contributed by atoms with E-state index in [0.717, 1.165) is 23.4 Å². The topological polar surface area (TPSA) is 51.5 Å². The number of ether oxygens (including phenoxy) is 1. The zero-order chi connectivity index (χ0) is 14.3. The first kappa shape index (κ1) is 15.1. The normalized spacial score (nSPS) is 12.9. The number of rotatable bonds is 5. The summed E-state index contributed by atoms with van der Waals surface area (Å²) in [5.74, 6) is -0.336. The van der Waals surface area contributed by atoms with Gasteiger partial charge in [-0.2, -0.15) is 0 Å². The van der Waals surface area contributed by atoms with Gasteiger partial charge in [-0.3, -0.25) is 9.98 Å². The number of carbonyl (C=O) groups is 1. The average Bonchev–Trinajstić information content (AvgIpc) is 2.46. The molecule has 19 heavy (non-hydrogen) atoms. The predicted molar refractivity (Wildman–Crippen MR) is 76.3 cm³/mol. The van der Waals surface area contributed by atoms with Crippen LogP contribution in [0.3, 0.4) is 0 Å². The minimum atomic E-state index is -0.336. The first-order chi connectivity index (χ1) is 9.11. The van der Waals surface area contributed by atoms with Gasteiger partial charge in [-0.1, -0.05) is 13.0 Å². The standard InChI is InChI=1S/C15H20N2O2/c1-5-9-17-14(13-8-6-7-10-16-13)11(2)12(3)15(18)19-4/h6-8,10H,5,9H2,1-4H3/b12-11+,17-14?. The van der Waals surface area contributed by atoms with Gasteiger partial charge in [0.1, 0.15) is 0 Å². The maximum atomic E-state index is 11.6. The summed E-state index contributed by atoms with van der Waals surface area (Å²) < 4.78 is 4.75. The van der Waals surface area contributed by atoms with Crippen molar-refractivity contribution < 1.29 is 9.53 Å². The number of esters is 1. The van der Waals surface area contributed by atoms with Crippen molar-refractivity contribution in [1.29, 1.82) is 0 Å². The Kier molecular flexibility index (Phi) is 5.93. The molecule has 1 heterocycles. The van der Waals surface area contributed by atoms with Crippen LogP contribution in [0.1, 0.15) is 32.9 Å². The molecule has 0 spiro atoms. The number of aliphatic imine (C=N–C) groups is 1. The highest BCUT2D eigenvalue weighted by Crippen LogP contribution is 2.13. The molecule has 0 saturated heterocycles. The Morgan fingerprint density at radius 2 is 2.05 bits per heavy atom. The number of nitrogens with zero attached hydrogens (tertiary/aromatic N) is 2. The minimum absolute atomic E-state index is 0.336. The van der Waals surface area contributed by atoms with E-state index in [-0.39, 0.29) is 5.97 Å². The quantitative estimate of drug-likeness (QED) is 0.464. The lowest BCUT2D eigenvalue weighted by Crippen LogP contribution is -2.12. The first-order valence-corrected chi connectivity index (χ1v) is 6.33. The number of aromatic nitrogens is 1. The highest BCUT2D eigenvalue weighted by atomic mass is 16.5. The second-order valence-corrected chi connectivity index (χ2v) is 4.19. The van der Waals surface area contributed by atoms with E-state index in [2.05, 4.69) is 16.9 Å². The van der Waals surface area contributed by atoms with Crippen LogP contribution in [0.25, 0.3) is 0 Å². The van der Waals surface area contributed by atoms with Crippen LogP contribution < -0.4 is 0 Å². The van der Waals surface area contributed by atoms with Crippen molar-refractivity contribution in [3.63, 3.8) is 0 Å². The lowest BCUT2D eigenvalue weighted by Gasteiger charge is -2.10. The Bertz CT molecular complexity index is 490. The summed E-state index contributed by atoms with van der Waals surface area (Å²) in [6.07, 6.45) is 2.67. The molecular weight excluding hydrogens is 240 g/mol. The molecule has 102 valence electrons. The van der Waals surface area contributed by atoms with E-state index in [1.54, 1.807) is 13.1 Å². The van der Waals surface area contributed by atoms with E-state index in [1.807, 2.05) is 25.1 Å². The van der Waals surface area contributed by atoms with Gasteiger partial charge in [0.15, 0.2) is 0 Å². The van der Waals surface area contributed by atoms with E-state index >= 15 is 0 Å². The monoisotopic (exact) mass is 260 g/mol. The molecule has 0 aromatic carbocycles. The summed E-state index contributed by atoms with van der Waals surface area (Å²) in [6.45, 7) is 6.38. The molecule has 0 aliphatic heterocycles. The van der Waals surface area contributed by atoms with Crippen LogP contribution in [0.5, 0.6) is 0 Å². The molecule has 0 aliphatic carbocycles. The van der Waals surface area contributed by atoms with Crippen LogP contribution >= 0.6 is 0 Å². The van der Waals surface area contributed by atoms with Crippen molar-refractivity contribution in [3.8, 4) is 0 Å². The van der Waals surface area contributed by atoms with Gasteiger partial charge in [0.25, 0.3) is 0 Å². The molecule has 0 atom stereocenters. The lowest BCUT2D eigenvalue weighted by molar-refractivity contribution is -0.136. The highest BCUT2D eigenvalue weighted by Gasteiger charge is 2.14. The van der Waals surface area contributed by atoms with Crippen molar-refractivity contribution in [3.05, 3.63) is 41.2 Å². The van der Waals surface area contributed by atoms with Gasteiger partial charge in [0.2, 0.25) is 0 Å². The Morgan fingerprint density at radius 1 is 1.32 bits per heavy atom. The molecule has 1 rings (SSSR count). The van der Waals surface area contributed by atoms with Gasteiger partial charge in [-0.25, -0.2) is 4.79 Å². The van der Waals surface area contributed by atoms with Crippen LogP contribution in [0.4, 0.5) is 0 Å². The van der Waals surface area contributed by atoms with E-state index in [0.29, 0.717) is 12.1 Å². The smallest absolute Gasteiger partial charge is 0.333 e. The molecule has 1 aromatic rings. The van der Waals surface area contributed by atoms with Crippen LogP contribution in [0.15, 0.2) is 40.5 Å². The third-order valence-electron chi connectivity index (χ3n) is 2.81. The van der Waals surface area contributed by atoms with Crippen LogP contribution in [-0.2, 0) is 9.53 Å². The summed E-state index contributed by atoms with van der Waals surface area (Å²) in [5, 5.41) is 0. The van der Waals surface area contributed by atoms with Gasteiger partial charge >= 0.3 is 5.97 Å².